The van der Waals surface area contributed by atoms with Gasteiger partial charge in [-0.2, -0.15) is 5.26 Å². The Morgan fingerprint density at radius 1 is 1.16 bits per heavy atom. The molecular formula is C15H13FN2O. The van der Waals surface area contributed by atoms with Crippen molar-refractivity contribution in [2.75, 3.05) is 11.9 Å². The van der Waals surface area contributed by atoms with E-state index in [4.69, 9.17) is 10.00 Å². The number of hydrogen-bond acceptors (Lipinski definition) is 3. The molecule has 0 unspecified atom stereocenters. The van der Waals surface area contributed by atoms with Gasteiger partial charge in [0.05, 0.1) is 0 Å². The summed E-state index contributed by atoms with van der Waals surface area (Å²) in [6, 6.07) is 15.8. The Labute approximate surface area is 111 Å². The van der Waals surface area contributed by atoms with Crippen LogP contribution in [0.1, 0.15) is 5.56 Å². The van der Waals surface area contributed by atoms with Gasteiger partial charge < -0.3 is 10.1 Å². The number of nitriles is 1. The van der Waals surface area contributed by atoms with Crippen molar-refractivity contribution < 1.29 is 9.13 Å². The highest BCUT2D eigenvalue weighted by molar-refractivity contribution is 5.48. The van der Waals surface area contributed by atoms with Gasteiger partial charge in [0.15, 0.2) is 6.61 Å². The molecule has 0 aromatic heterocycles. The second kappa shape index (κ2) is 6.41. The molecule has 3 nitrogen and oxygen atoms in total. The van der Waals surface area contributed by atoms with Crippen LogP contribution in [0, 0.1) is 17.1 Å². The molecule has 0 atom stereocenters. The van der Waals surface area contributed by atoms with Crippen molar-refractivity contribution in [1.29, 1.82) is 5.26 Å². The predicted octanol–water partition coefficient (Wildman–Crippen LogP) is 3.34. The van der Waals surface area contributed by atoms with Crippen molar-refractivity contribution in [3.8, 4) is 11.8 Å². The first-order valence-electron chi connectivity index (χ1n) is 5.86. The van der Waals surface area contributed by atoms with E-state index in [1.807, 2.05) is 18.2 Å². The molecule has 19 heavy (non-hydrogen) atoms. The smallest absolute Gasteiger partial charge is 0.174 e. The average molecular weight is 256 g/mol. The number of ether oxygens (including phenoxy) is 1. The summed E-state index contributed by atoms with van der Waals surface area (Å²) in [6.07, 6.45) is 0. The van der Waals surface area contributed by atoms with Crippen molar-refractivity contribution in [2.24, 2.45) is 0 Å². The summed E-state index contributed by atoms with van der Waals surface area (Å²) in [4.78, 5) is 0. The average Bonchev–Trinajstić information content (AvgIpc) is 2.45. The first kappa shape index (κ1) is 12.9. The summed E-state index contributed by atoms with van der Waals surface area (Å²) in [6.45, 7) is 0.408. The molecule has 0 saturated heterocycles. The lowest BCUT2D eigenvalue weighted by molar-refractivity contribution is 0.368. The van der Waals surface area contributed by atoms with E-state index in [1.165, 1.54) is 6.07 Å². The summed E-state index contributed by atoms with van der Waals surface area (Å²) in [5, 5.41) is 11.6. The molecule has 0 spiro atoms. The van der Waals surface area contributed by atoms with Crippen LogP contribution < -0.4 is 10.1 Å². The molecule has 2 rings (SSSR count). The lowest BCUT2D eigenvalue weighted by Crippen LogP contribution is -2.02. The monoisotopic (exact) mass is 256 g/mol. The third kappa shape index (κ3) is 3.71. The Morgan fingerprint density at radius 3 is 2.79 bits per heavy atom. The molecule has 0 saturated carbocycles. The molecule has 0 amide bonds. The van der Waals surface area contributed by atoms with Crippen molar-refractivity contribution in [1.82, 2.24) is 0 Å². The molecule has 1 N–H and O–H groups in total. The Balaban J connectivity index is 2.00. The summed E-state index contributed by atoms with van der Waals surface area (Å²) >= 11 is 0. The fraction of sp³-hybridized carbons (Fsp3) is 0.133. The van der Waals surface area contributed by atoms with E-state index in [0.29, 0.717) is 17.9 Å². The second-order valence-electron chi connectivity index (χ2n) is 3.92. The van der Waals surface area contributed by atoms with Gasteiger partial charge in [-0.05, 0) is 18.2 Å². The fourth-order valence-corrected chi connectivity index (χ4v) is 1.65. The molecule has 96 valence electrons. The van der Waals surface area contributed by atoms with Crippen LogP contribution >= 0.6 is 0 Å². The third-order valence-corrected chi connectivity index (χ3v) is 2.58. The van der Waals surface area contributed by atoms with Crippen LogP contribution in [-0.2, 0) is 6.54 Å². The molecule has 0 aliphatic carbocycles. The summed E-state index contributed by atoms with van der Waals surface area (Å²) in [5.41, 5.74) is 1.42. The van der Waals surface area contributed by atoms with Crippen LogP contribution in [0.3, 0.4) is 0 Å². The predicted molar refractivity (Wildman–Crippen MR) is 71.3 cm³/mol. The quantitative estimate of drug-likeness (QED) is 0.892. The standard InChI is InChI=1S/C15H13FN2O/c16-15-7-2-1-4-12(15)11-18-13-5-3-6-14(10-13)19-9-8-17/h1-7,10,18H,9,11H2. The topological polar surface area (TPSA) is 45.0 Å². The minimum atomic E-state index is -0.230. The maximum absolute atomic E-state index is 13.4. The highest BCUT2D eigenvalue weighted by Gasteiger charge is 2.01. The number of nitrogens with one attached hydrogen (secondary N) is 1. The highest BCUT2D eigenvalue weighted by atomic mass is 19.1. The summed E-state index contributed by atoms with van der Waals surface area (Å²) < 4.78 is 18.6. The van der Waals surface area contributed by atoms with Gasteiger partial charge in [-0.3, -0.25) is 0 Å². The zero-order valence-electron chi connectivity index (χ0n) is 10.3. The van der Waals surface area contributed by atoms with Crippen LogP contribution in [0.5, 0.6) is 5.75 Å². The third-order valence-electron chi connectivity index (χ3n) is 2.58. The first-order chi connectivity index (χ1) is 9.29. The van der Waals surface area contributed by atoms with Crippen molar-refractivity contribution in [2.45, 2.75) is 6.54 Å². The van der Waals surface area contributed by atoms with Gasteiger partial charge in [-0.25, -0.2) is 4.39 Å². The van der Waals surface area contributed by atoms with Crippen molar-refractivity contribution in [3.63, 3.8) is 0 Å². The fourth-order valence-electron chi connectivity index (χ4n) is 1.65. The second-order valence-corrected chi connectivity index (χ2v) is 3.92. The van der Waals surface area contributed by atoms with Gasteiger partial charge in [-0.15, -0.1) is 0 Å². The molecule has 0 heterocycles. The molecule has 2 aromatic rings. The number of halogens is 1. The number of anilines is 1. The first-order valence-corrected chi connectivity index (χ1v) is 5.86. The molecule has 0 bridgehead atoms. The van der Waals surface area contributed by atoms with Crippen LogP contribution in [-0.4, -0.2) is 6.61 Å². The lowest BCUT2D eigenvalue weighted by atomic mass is 10.2. The van der Waals surface area contributed by atoms with Crippen LogP contribution in [0.4, 0.5) is 10.1 Å². The number of rotatable bonds is 5. The summed E-state index contributed by atoms with van der Waals surface area (Å²) in [5.74, 6) is 0.381. The van der Waals surface area contributed by atoms with Gasteiger partial charge in [-0.1, -0.05) is 24.3 Å². The minimum Gasteiger partial charge on any atom is -0.479 e. The minimum absolute atomic E-state index is 0.0107. The van der Waals surface area contributed by atoms with E-state index in [0.717, 1.165) is 5.69 Å². The van der Waals surface area contributed by atoms with Crippen LogP contribution in [0.25, 0.3) is 0 Å². The van der Waals surface area contributed by atoms with Gasteiger partial charge >= 0.3 is 0 Å². The zero-order valence-corrected chi connectivity index (χ0v) is 10.3. The maximum atomic E-state index is 13.4. The molecule has 4 heteroatoms. The maximum Gasteiger partial charge on any atom is 0.174 e. The SMILES string of the molecule is N#CCOc1cccc(NCc2ccccc2F)c1. The zero-order chi connectivity index (χ0) is 13.5. The van der Waals surface area contributed by atoms with Gasteiger partial charge in [0.2, 0.25) is 0 Å². The highest BCUT2D eigenvalue weighted by Crippen LogP contribution is 2.18. The normalized spacial score (nSPS) is 9.68. The van der Waals surface area contributed by atoms with E-state index in [-0.39, 0.29) is 12.4 Å². The molecular weight excluding hydrogens is 243 g/mol. The number of benzene rings is 2. The van der Waals surface area contributed by atoms with Crippen LogP contribution in [0.2, 0.25) is 0 Å². The van der Waals surface area contributed by atoms with E-state index >= 15 is 0 Å². The molecule has 0 radical (unpaired) electrons. The Hall–Kier alpha value is -2.54. The van der Waals surface area contributed by atoms with Gasteiger partial charge in [0.1, 0.15) is 17.6 Å². The molecule has 0 fully saturated rings. The van der Waals surface area contributed by atoms with E-state index in [9.17, 15) is 4.39 Å². The summed E-state index contributed by atoms with van der Waals surface area (Å²) in [7, 11) is 0. The van der Waals surface area contributed by atoms with Gasteiger partial charge in [0, 0.05) is 23.9 Å². The largest absolute Gasteiger partial charge is 0.479 e. The molecule has 0 aliphatic rings. The van der Waals surface area contributed by atoms with Gasteiger partial charge in [0.25, 0.3) is 0 Å². The Kier molecular flexibility index (Phi) is 4.35. The molecule has 0 aliphatic heterocycles. The lowest BCUT2D eigenvalue weighted by Gasteiger charge is -2.09. The van der Waals surface area contributed by atoms with E-state index < -0.39 is 0 Å². The Morgan fingerprint density at radius 2 is 2.00 bits per heavy atom. The van der Waals surface area contributed by atoms with Crippen LogP contribution in [0.15, 0.2) is 48.5 Å². The van der Waals surface area contributed by atoms with E-state index in [1.54, 1.807) is 30.3 Å². The Bertz CT molecular complexity index is 593. The van der Waals surface area contributed by atoms with E-state index in [2.05, 4.69) is 5.32 Å². The number of nitrogens with zero attached hydrogens (tertiary/aromatic N) is 1. The molecule has 2 aromatic carbocycles. The van der Waals surface area contributed by atoms with Crippen molar-refractivity contribution in [3.05, 3.63) is 59.9 Å². The number of hydrogen-bond donors (Lipinski definition) is 1. The van der Waals surface area contributed by atoms with Crippen molar-refractivity contribution >= 4 is 5.69 Å².